The van der Waals surface area contributed by atoms with Gasteiger partial charge in [0.05, 0.1) is 19.8 Å². The zero-order valence-electron chi connectivity index (χ0n) is 45.6. The number of rotatable bonds is 52. The molecule has 11 nitrogen and oxygen atoms in total. The molecule has 2 N–H and O–H groups in total. The molecule has 0 saturated heterocycles. The number of aliphatic hydroxyl groups excluding tert-OH is 1. The summed E-state index contributed by atoms with van der Waals surface area (Å²) in [6, 6.07) is 0. The Morgan fingerprint density at radius 1 is 0.403 bits per heavy atom. The van der Waals surface area contributed by atoms with E-state index in [9.17, 15) is 28.9 Å². The topological polar surface area (TPSA) is 155 Å². The maximum absolute atomic E-state index is 12.9. The molecule has 0 bridgehead atoms. The average molecular weight is 1030 g/mol. The molecular weight excluding hydrogens is 928 g/mol. The van der Waals surface area contributed by atoms with Gasteiger partial charge in [-0.05, 0) is 89.9 Å². The van der Waals surface area contributed by atoms with Crippen LogP contribution in [0.2, 0.25) is 0 Å². The van der Waals surface area contributed by atoms with E-state index in [1.165, 1.54) is 57.8 Å². The summed E-state index contributed by atoms with van der Waals surface area (Å²) in [5.41, 5.74) is 0. The Balaban J connectivity index is 4.77. The van der Waals surface area contributed by atoms with E-state index in [2.05, 4.69) is 106 Å². The fourth-order valence-corrected chi connectivity index (χ4v) is 8.32. The molecule has 0 rings (SSSR count). The van der Waals surface area contributed by atoms with Crippen LogP contribution in [0.15, 0.2) is 85.1 Å². The summed E-state index contributed by atoms with van der Waals surface area (Å²) in [7, 11) is -4.76. The van der Waals surface area contributed by atoms with E-state index in [-0.39, 0.29) is 25.9 Å². The normalized spacial score (nSPS) is 14.0. The zero-order valence-corrected chi connectivity index (χ0v) is 46.5. The lowest BCUT2D eigenvalue weighted by Gasteiger charge is -2.21. The van der Waals surface area contributed by atoms with Gasteiger partial charge in [0.15, 0.2) is 6.10 Å². The van der Waals surface area contributed by atoms with Gasteiger partial charge < -0.3 is 24.2 Å². The van der Waals surface area contributed by atoms with Crippen molar-refractivity contribution in [3.63, 3.8) is 0 Å². The lowest BCUT2D eigenvalue weighted by atomic mass is 10.0. The third-order valence-electron chi connectivity index (χ3n) is 11.8. The lowest BCUT2D eigenvalue weighted by Crippen LogP contribution is -2.30. The molecule has 0 aromatic carbocycles. The van der Waals surface area contributed by atoms with Gasteiger partial charge in [-0.1, -0.05) is 215 Å². The number of phosphoric acid groups is 1. The molecule has 3 atom stereocenters. The first kappa shape index (κ1) is 68.7. The Labute approximate surface area is 439 Å². The van der Waals surface area contributed by atoms with Crippen LogP contribution in [0, 0.1) is 0 Å². The summed E-state index contributed by atoms with van der Waals surface area (Å²) >= 11 is 0. The lowest BCUT2D eigenvalue weighted by molar-refractivity contribution is -0.161. The van der Waals surface area contributed by atoms with E-state index in [1.54, 1.807) is 0 Å². The number of unbranched alkanes of at least 4 members (excludes halogenated alkanes) is 21. The molecule has 0 aliphatic heterocycles. The summed E-state index contributed by atoms with van der Waals surface area (Å²) in [5, 5.41) is 9.79. The van der Waals surface area contributed by atoms with Gasteiger partial charge in [0.2, 0.25) is 0 Å². The van der Waals surface area contributed by atoms with Crippen molar-refractivity contribution in [2.45, 2.75) is 251 Å². The second kappa shape index (κ2) is 53.9. The number of phosphoric ester groups is 1. The van der Waals surface area contributed by atoms with Crippen LogP contribution < -0.4 is 0 Å². The van der Waals surface area contributed by atoms with Crippen molar-refractivity contribution in [1.82, 2.24) is 0 Å². The van der Waals surface area contributed by atoms with Crippen molar-refractivity contribution in [3.05, 3.63) is 85.1 Å². The van der Waals surface area contributed by atoms with Gasteiger partial charge >= 0.3 is 25.7 Å². The van der Waals surface area contributed by atoms with Crippen molar-refractivity contribution in [3.8, 4) is 0 Å². The highest BCUT2D eigenvalue weighted by Crippen LogP contribution is 2.43. The van der Waals surface area contributed by atoms with Gasteiger partial charge in [0.1, 0.15) is 12.7 Å². The van der Waals surface area contributed by atoms with E-state index in [0.29, 0.717) is 19.3 Å². The minimum atomic E-state index is -4.76. The molecule has 12 heteroatoms. The molecule has 0 saturated carbocycles. The van der Waals surface area contributed by atoms with Crippen LogP contribution in [0.3, 0.4) is 0 Å². The summed E-state index contributed by atoms with van der Waals surface area (Å²) in [5.74, 6) is -1.51. The first-order chi connectivity index (χ1) is 35.2. The summed E-state index contributed by atoms with van der Waals surface area (Å²) in [6.07, 6.45) is 61.1. The number of aliphatic hydroxyl groups is 1. The third kappa shape index (κ3) is 51.6. The first-order valence-corrected chi connectivity index (χ1v) is 30.0. The molecule has 0 aliphatic carbocycles. The highest BCUT2D eigenvalue weighted by molar-refractivity contribution is 7.47. The van der Waals surface area contributed by atoms with Crippen molar-refractivity contribution in [2.24, 2.45) is 0 Å². The molecule has 0 aliphatic rings. The molecule has 3 unspecified atom stereocenters. The molecule has 72 heavy (non-hydrogen) atoms. The van der Waals surface area contributed by atoms with Crippen LogP contribution in [0.5, 0.6) is 0 Å². The van der Waals surface area contributed by atoms with Crippen LogP contribution in [-0.4, -0.2) is 66.5 Å². The Morgan fingerprint density at radius 3 is 1.12 bits per heavy atom. The van der Waals surface area contributed by atoms with Gasteiger partial charge in [0, 0.05) is 19.3 Å². The van der Waals surface area contributed by atoms with Gasteiger partial charge in [-0.2, -0.15) is 0 Å². The highest BCUT2D eigenvalue weighted by Gasteiger charge is 2.28. The average Bonchev–Trinajstić information content (AvgIpc) is 3.37. The summed E-state index contributed by atoms with van der Waals surface area (Å²) in [4.78, 5) is 48.5. The maximum Gasteiger partial charge on any atom is 0.472 e. The second-order valence-corrected chi connectivity index (χ2v) is 20.1. The Kier molecular flexibility index (Phi) is 51.4. The van der Waals surface area contributed by atoms with E-state index < -0.39 is 57.8 Å². The molecule has 0 aromatic heterocycles. The summed E-state index contributed by atoms with van der Waals surface area (Å²) in [6.45, 7) is 4.37. The van der Waals surface area contributed by atoms with E-state index in [1.807, 2.05) is 0 Å². The molecule has 0 radical (unpaired) electrons. The molecule has 0 spiro atoms. The Hall–Kier alpha value is -3.34. The third-order valence-corrected chi connectivity index (χ3v) is 12.8. The first-order valence-electron chi connectivity index (χ1n) is 28.5. The smallest absolute Gasteiger partial charge is 0.462 e. The zero-order chi connectivity index (χ0) is 52.7. The number of esters is 3. The fraction of sp³-hybridized carbons (Fsp3) is 0.717. The predicted molar refractivity (Wildman–Crippen MR) is 298 cm³/mol. The predicted octanol–water partition coefficient (Wildman–Crippen LogP) is 16.7. The van der Waals surface area contributed by atoms with Gasteiger partial charge in [0.25, 0.3) is 0 Å². The Morgan fingerprint density at radius 2 is 0.722 bits per heavy atom. The second-order valence-electron chi connectivity index (χ2n) is 18.7. The van der Waals surface area contributed by atoms with Crippen molar-refractivity contribution in [2.75, 3.05) is 26.4 Å². The van der Waals surface area contributed by atoms with Crippen molar-refractivity contribution in [1.29, 1.82) is 0 Å². The van der Waals surface area contributed by atoms with E-state index >= 15 is 0 Å². The van der Waals surface area contributed by atoms with Crippen LogP contribution in [0.4, 0.5) is 0 Å². The molecule has 0 heterocycles. The molecule has 414 valence electrons. The quantitative estimate of drug-likeness (QED) is 0.0197. The standard InChI is InChI=1S/C60H103O11P/c1-4-7-10-13-16-19-22-25-26-27-28-29-30-33-36-39-42-45-48-51-60(64)71-57(53-67-58(62)49-46-43-40-37-34-31-23-20-17-14-11-8-5-2)55-69-72(65,66)68-54-56(52-61)70-59(63)50-47-44-41-38-35-32-24-21-18-15-12-9-6-3/h7,9-10,12,16,18-19,21,25-26,28-29,32,35,56-57,61H,4-6,8,11,13-15,17,20,22-24,27,30-31,33-34,36-55H2,1-3H3,(H,65,66)/b10-7-,12-9-,19-16-,21-18-,26-25-,29-28-,35-32-. The number of hydrogen-bond donors (Lipinski definition) is 2. The molecule has 0 amide bonds. The van der Waals surface area contributed by atoms with Crippen molar-refractivity contribution >= 4 is 25.7 Å². The number of ether oxygens (including phenoxy) is 3. The molecular formula is C60H103O11P. The summed E-state index contributed by atoms with van der Waals surface area (Å²) < 4.78 is 39.5. The van der Waals surface area contributed by atoms with Crippen LogP contribution in [-0.2, 0) is 42.2 Å². The largest absolute Gasteiger partial charge is 0.472 e. The molecule has 0 fully saturated rings. The van der Waals surface area contributed by atoms with Crippen molar-refractivity contribution < 1.29 is 52.2 Å². The molecule has 0 aromatic rings. The van der Waals surface area contributed by atoms with E-state index in [0.717, 1.165) is 122 Å². The minimum absolute atomic E-state index is 0.139. The Bertz CT molecular complexity index is 1530. The van der Waals surface area contributed by atoms with Crippen LogP contribution in [0.1, 0.15) is 239 Å². The highest BCUT2D eigenvalue weighted by atomic mass is 31.2. The van der Waals surface area contributed by atoms with Crippen LogP contribution in [0.25, 0.3) is 0 Å². The number of allylic oxidation sites excluding steroid dienone is 14. The monoisotopic (exact) mass is 1030 g/mol. The van der Waals surface area contributed by atoms with Gasteiger partial charge in [-0.15, -0.1) is 0 Å². The van der Waals surface area contributed by atoms with Crippen LogP contribution >= 0.6 is 7.82 Å². The number of carbonyl (C=O) groups is 3. The van der Waals surface area contributed by atoms with Gasteiger partial charge in [-0.3, -0.25) is 23.4 Å². The number of carbonyl (C=O) groups excluding carboxylic acids is 3. The number of hydrogen-bond acceptors (Lipinski definition) is 10. The van der Waals surface area contributed by atoms with E-state index in [4.69, 9.17) is 23.3 Å². The van der Waals surface area contributed by atoms with Gasteiger partial charge in [-0.25, -0.2) is 4.57 Å². The maximum atomic E-state index is 12.9. The SMILES string of the molecule is CC/C=C\C/C=C\C/C=C\C/C=C\CCCCCCCCC(=O)OC(COC(=O)CCCCCCCCCCCCCCC)COP(=O)(O)OCC(CO)OC(=O)CCCCC/C=C\C/C=C\C/C=C\CC. The fourth-order valence-electron chi connectivity index (χ4n) is 7.54. The minimum Gasteiger partial charge on any atom is -0.462 e.